The number of rotatable bonds is 63. The second-order valence-corrected chi connectivity index (χ2v) is 26.1. The Hall–Kier alpha value is -3.33. The molecule has 0 bridgehead atoms. The maximum atomic E-state index is 13.6. The number of nitrogens with zero attached hydrogens (tertiary/aromatic N) is 1. The van der Waals surface area contributed by atoms with Gasteiger partial charge in [-0.1, -0.05) is 285 Å². The first-order valence-electron chi connectivity index (χ1n) is 35.2. The van der Waals surface area contributed by atoms with Gasteiger partial charge in [0.15, 0.2) is 0 Å². The Balaban J connectivity index is 5.09. The lowest BCUT2D eigenvalue weighted by Gasteiger charge is -2.30. The van der Waals surface area contributed by atoms with E-state index in [1.807, 2.05) is 33.3 Å². The number of phosphoric ester groups is 1. The smallest absolute Gasteiger partial charge is 0.306 e. The van der Waals surface area contributed by atoms with Crippen molar-refractivity contribution in [3.8, 4) is 0 Å². The van der Waals surface area contributed by atoms with Gasteiger partial charge in [0, 0.05) is 12.8 Å². The highest BCUT2D eigenvalue weighted by atomic mass is 31.2. The lowest BCUT2D eigenvalue weighted by atomic mass is 10.0. The average molecular weight is 1210 g/mol. The van der Waals surface area contributed by atoms with Gasteiger partial charge in [-0.05, 0) is 115 Å². The van der Waals surface area contributed by atoms with E-state index in [1.54, 1.807) is 0 Å². The third-order valence-electron chi connectivity index (χ3n) is 15.2. The number of quaternary nitrogens is 1. The van der Waals surface area contributed by atoms with E-state index in [-0.39, 0.29) is 31.3 Å². The minimum Gasteiger partial charge on any atom is -0.756 e. The molecule has 0 heterocycles. The van der Waals surface area contributed by atoms with Crippen LogP contribution in [0.1, 0.15) is 303 Å². The topological polar surface area (TPSA) is 114 Å². The standard InChI is InChI=1S/C75H133N2O7P/c1-7-10-13-16-19-22-25-27-29-31-33-35-37-38-40-42-44-46-48-50-53-56-59-62-65-68-75(79)84-73(66-63-60-57-54-51-24-21-18-15-12-9-3)72(71-83-85(80,81)82-70-69-77(4,5)6)76-74(78)67-64-61-58-55-52-49-47-45-43-41-39-36-34-32-30-28-26-23-20-17-14-11-8-2/h11,14,19-20,22-23,27-30,34,36,41,43,47,49,63,66,72-73H,7-10,12-13,15-18,21,24-26,31-33,35,37-40,42,44-46,48,50-62,64-65,67-71H2,1-6H3,(H-,76,78,80,81)/b14-11-,22-19-,23-20-,29-27-,30-28-,36-34-,43-41-,49-47-,66-63+. The number of carbonyl (C=O) groups excluding carboxylic acids is 2. The van der Waals surface area contributed by atoms with Gasteiger partial charge in [-0.2, -0.15) is 0 Å². The molecule has 0 aliphatic heterocycles. The first kappa shape index (κ1) is 81.7. The predicted octanol–water partition coefficient (Wildman–Crippen LogP) is 21.8. The maximum absolute atomic E-state index is 13.6. The zero-order chi connectivity index (χ0) is 62.1. The van der Waals surface area contributed by atoms with Gasteiger partial charge >= 0.3 is 5.97 Å². The minimum atomic E-state index is -4.72. The van der Waals surface area contributed by atoms with E-state index in [4.69, 9.17) is 13.8 Å². The van der Waals surface area contributed by atoms with Gasteiger partial charge in [0.25, 0.3) is 7.82 Å². The number of carbonyl (C=O) groups is 2. The summed E-state index contributed by atoms with van der Waals surface area (Å²) < 4.78 is 30.4. The van der Waals surface area contributed by atoms with Crippen LogP contribution in [0.2, 0.25) is 0 Å². The summed E-state index contributed by atoms with van der Waals surface area (Å²) in [4.78, 5) is 40.1. The number of allylic oxidation sites excluding steroid dienone is 17. The van der Waals surface area contributed by atoms with Crippen LogP contribution in [0.4, 0.5) is 0 Å². The third kappa shape index (κ3) is 65.0. The monoisotopic (exact) mass is 1200 g/mol. The Bertz CT molecular complexity index is 1820. The molecular formula is C75H133N2O7P. The van der Waals surface area contributed by atoms with Crippen molar-refractivity contribution in [2.75, 3.05) is 40.9 Å². The third-order valence-corrected chi connectivity index (χ3v) is 16.2. The summed E-state index contributed by atoms with van der Waals surface area (Å²) in [6.07, 6.45) is 87.9. The normalized spacial score (nSPS) is 14.2. The van der Waals surface area contributed by atoms with E-state index in [9.17, 15) is 19.0 Å². The fourth-order valence-electron chi connectivity index (χ4n) is 9.79. The van der Waals surface area contributed by atoms with E-state index in [0.29, 0.717) is 17.4 Å². The first-order valence-corrected chi connectivity index (χ1v) is 36.7. The number of hydrogen-bond acceptors (Lipinski definition) is 7. The van der Waals surface area contributed by atoms with Gasteiger partial charge in [-0.25, -0.2) is 0 Å². The lowest BCUT2D eigenvalue weighted by molar-refractivity contribution is -0.870. The SMILES string of the molecule is CC/C=C\C/C=C\C/C=C\C/C=C\C/C=C\C/C=C\CCCCCCC(=O)NC(COP(=O)([O-])OCC[N+](C)(C)C)C(/C=C/CCCCCCCCCCC)OC(=O)CCCCCCCCCCCCCCCCC/C=C\C/C=C\CCCCC. The number of unbranched alkanes of at least 4 members (excludes halogenated alkanes) is 31. The van der Waals surface area contributed by atoms with Crippen LogP contribution >= 0.6 is 7.82 Å². The van der Waals surface area contributed by atoms with Crippen molar-refractivity contribution < 1.29 is 37.3 Å². The van der Waals surface area contributed by atoms with Gasteiger partial charge in [0.2, 0.25) is 5.91 Å². The van der Waals surface area contributed by atoms with Crippen LogP contribution in [0.25, 0.3) is 0 Å². The largest absolute Gasteiger partial charge is 0.756 e. The quantitative estimate of drug-likeness (QED) is 0.0212. The molecule has 10 heteroatoms. The summed E-state index contributed by atoms with van der Waals surface area (Å²) in [6, 6.07) is -0.909. The van der Waals surface area contributed by atoms with Gasteiger partial charge in [-0.15, -0.1) is 0 Å². The number of hydrogen-bond donors (Lipinski definition) is 1. The van der Waals surface area contributed by atoms with Crippen molar-refractivity contribution in [2.45, 2.75) is 315 Å². The Morgan fingerprint density at radius 3 is 1.15 bits per heavy atom. The second-order valence-electron chi connectivity index (χ2n) is 24.6. The minimum absolute atomic E-state index is 0.0321. The Labute approximate surface area is 525 Å². The van der Waals surface area contributed by atoms with Crippen molar-refractivity contribution in [1.82, 2.24) is 5.32 Å². The van der Waals surface area contributed by atoms with Crippen molar-refractivity contribution >= 4 is 19.7 Å². The summed E-state index contributed by atoms with van der Waals surface area (Å²) in [6.45, 7) is 6.69. The molecule has 0 saturated carbocycles. The van der Waals surface area contributed by atoms with Crippen LogP contribution in [0, 0.1) is 0 Å². The Morgan fingerprint density at radius 2 is 0.753 bits per heavy atom. The molecule has 0 aromatic rings. The van der Waals surface area contributed by atoms with Crippen molar-refractivity contribution in [1.29, 1.82) is 0 Å². The number of nitrogens with one attached hydrogen (secondary N) is 1. The Kier molecular flexibility index (Phi) is 61.2. The van der Waals surface area contributed by atoms with Crippen molar-refractivity contribution in [3.63, 3.8) is 0 Å². The van der Waals surface area contributed by atoms with Crippen LogP contribution in [-0.2, 0) is 27.9 Å². The summed E-state index contributed by atoms with van der Waals surface area (Å²) in [5, 5.41) is 3.02. The predicted molar refractivity (Wildman–Crippen MR) is 367 cm³/mol. The van der Waals surface area contributed by atoms with E-state index < -0.39 is 26.6 Å². The van der Waals surface area contributed by atoms with Crippen molar-refractivity contribution in [3.05, 3.63) is 109 Å². The molecule has 3 atom stereocenters. The molecule has 0 aromatic heterocycles. The van der Waals surface area contributed by atoms with Gasteiger partial charge < -0.3 is 28.5 Å². The molecule has 0 aliphatic carbocycles. The molecular weight excluding hydrogens is 1070 g/mol. The number of ether oxygens (including phenoxy) is 1. The van der Waals surface area contributed by atoms with Gasteiger partial charge in [0.1, 0.15) is 19.3 Å². The van der Waals surface area contributed by atoms with Crippen LogP contribution in [0.5, 0.6) is 0 Å². The maximum Gasteiger partial charge on any atom is 0.306 e. The van der Waals surface area contributed by atoms with Crippen LogP contribution in [0.3, 0.4) is 0 Å². The molecule has 490 valence electrons. The molecule has 0 radical (unpaired) electrons. The number of likely N-dealkylation sites (N-methyl/N-ethyl adjacent to an activating group) is 1. The molecule has 0 aliphatic rings. The molecule has 85 heavy (non-hydrogen) atoms. The Morgan fingerprint density at radius 1 is 0.424 bits per heavy atom. The molecule has 1 N–H and O–H groups in total. The molecule has 3 unspecified atom stereocenters. The fourth-order valence-corrected chi connectivity index (χ4v) is 10.5. The van der Waals surface area contributed by atoms with Crippen LogP contribution in [0.15, 0.2) is 109 Å². The zero-order valence-electron chi connectivity index (χ0n) is 56.0. The molecule has 0 rings (SSSR count). The average Bonchev–Trinajstić information content (AvgIpc) is 3.62. The molecule has 1 amide bonds. The fraction of sp³-hybridized carbons (Fsp3) is 0.733. The van der Waals surface area contributed by atoms with Gasteiger partial charge in [0.05, 0.1) is 33.8 Å². The number of amides is 1. The summed E-state index contributed by atoms with van der Waals surface area (Å²) >= 11 is 0. The summed E-state index contributed by atoms with van der Waals surface area (Å²) in [7, 11) is 1.16. The van der Waals surface area contributed by atoms with Crippen molar-refractivity contribution in [2.24, 2.45) is 0 Å². The molecule has 0 aromatic carbocycles. The summed E-state index contributed by atoms with van der Waals surface area (Å²) in [5.41, 5.74) is 0. The van der Waals surface area contributed by atoms with E-state index in [1.165, 1.54) is 154 Å². The number of phosphoric acid groups is 1. The van der Waals surface area contributed by atoms with E-state index in [0.717, 1.165) is 109 Å². The highest BCUT2D eigenvalue weighted by Crippen LogP contribution is 2.38. The zero-order valence-corrected chi connectivity index (χ0v) is 56.9. The van der Waals surface area contributed by atoms with E-state index >= 15 is 0 Å². The highest BCUT2D eigenvalue weighted by Gasteiger charge is 2.27. The van der Waals surface area contributed by atoms with Crippen LogP contribution in [-0.4, -0.2) is 69.4 Å². The molecule has 0 saturated heterocycles. The van der Waals surface area contributed by atoms with Gasteiger partial charge in [-0.3, -0.25) is 14.2 Å². The van der Waals surface area contributed by atoms with E-state index in [2.05, 4.69) is 123 Å². The molecule has 0 fully saturated rings. The summed E-state index contributed by atoms with van der Waals surface area (Å²) in [5.74, 6) is -0.569. The lowest BCUT2D eigenvalue weighted by Crippen LogP contribution is -2.47. The number of esters is 1. The second kappa shape index (κ2) is 63.7. The van der Waals surface area contributed by atoms with Crippen LogP contribution < -0.4 is 10.2 Å². The molecule has 0 spiro atoms. The highest BCUT2D eigenvalue weighted by molar-refractivity contribution is 7.45. The first-order chi connectivity index (χ1) is 41.4. The molecule has 9 nitrogen and oxygen atoms in total.